The standard InChI is InChI=1S/C27H30Br2O5S.Na/c1-14(2)20-12-18(16(5)23(28)25(20)30)11-19-9-7-8-10-27(19,35(32,33)34)22-13-21(15(3)4)26(31)24(29)17(22)6;/h7-15,19,31H,1-6H3,(H,32,33,34);/q;+1/p-1/b18-11+;. The molecule has 0 bridgehead atoms. The molecular weight excluding hydrogens is 619 g/mol. The van der Waals surface area contributed by atoms with E-state index in [1.807, 2.05) is 27.7 Å². The summed E-state index contributed by atoms with van der Waals surface area (Å²) in [5.74, 6) is -1.07. The average molecular weight is 648 g/mol. The van der Waals surface area contributed by atoms with Crippen LogP contribution >= 0.6 is 31.9 Å². The second-order valence-corrected chi connectivity index (χ2v) is 12.8. The molecule has 2 aliphatic rings. The van der Waals surface area contributed by atoms with E-state index in [4.69, 9.17) is 0 Å². The number of rotatable bonds is 5. The van der Waals surface area contributed by atoms with Gasteiger partial charge in [0.05, 0.1) is 8.96 Å². The third-order valence-corrected chi connectivity index (χ3v) is 10.1. The van der Waals surface area contributed by atoms with Gasteiger partial charge in [-0.15, -0.1) is 0 Å². The zero-order chi connectivity index (χ0) is 26.5. The topological polar surface area (TPSA) is 94.5 Å². The second-order valence-electron chi connectivity index (χ2n) is 9.62. The average Bonchev–Trinajstić information content (AvgIpc) is 2.77. The summed E-state index contributed by atoms with van der Waals surface area (Å²) in [6.07, 6.45) is 9.93. The Morgan fingerprint density at radius 2 is 1.72 bits per heavy atom. The van der Waals surface area contributed by atoms with Gasteiger partial charge in [-0.3, -0.25) is 4.79 Å². The molecular formula is C27H29Br2NaO5S. The van der Waals surface area contributed by atoms with Crippen LogP contribution in [0.5, 0.6) is 5.75 Å². The summed E-state index contributed by atoms with van der Waals surface area (Å²) in [5.41, 5.74) is 3.28. The van der Waals surface area contributed by atoms with Crippen LogP contribution in [0.15, 0.2) is 68.2 Å². The molecule has 2 atom stereocenters. The van der Waals surface area contributed by atoms with Crippen LogP contribution < -0.4 is 29.6 Å². The van der Waals surface area contributed by atoms with E-state index in [1.165, 1.54) is 6.08 Å². The number of benzene rings is 1. The molecule has 2 unspecified atom stereocenters. The Kier molecular flexibility index (Phi) is 10.1. The van der Waals surface area contributed by atoms with E-state index in [-0.39, 0.29) is 52.9 Å². The van der Waals surface area contributed by atoms with Gasteiger partial charge in [-0.1, -0.05) is 58.1 Å². The van der Waals surface area contributed by atoms with Gasteiger partial charge >= 0.3 is 29.6 Å². The van der Waals surface area contributed by atoms with Crippen molar-refractivity contribution < 1.29 is 52.4 Å². The molecule has 0 fully saturated rings. The summed E-state index contributed by atoms with van der Waals surface area (Å²) >= 11 is 6.81. The minimum absolute atomic E-state index is 0. The third kappa shape index (κ3) is 5.37. The molecule has 5 nitrogen and oxygen atoms in total. The quantitative estimate of drug-likeness (QED) is 0.387. The molecule has 0 spiro atoms. The molecule has 1 aromatic rings. The van der Waals surface area contributed by atoms with E-state index in [1.54, 1.807) is 50.3 Å². The van der Waals surface area contributed by atoms with Crippen molar-refractivity contribution in [2.45, 2.75) is 52.2 Å². The fourth-order valence-corrected chi connectivity index (χ4v) is 6.74. The molecule has 36 heavy (non-hydrogen) atoms. The monoisotopic (exact) mass is 646 g/mol. The molecule has 0 aliphatic heterocycles. The van der Waals surface area contributed by atoms with Gasteiger partial charge in [0.25, 0.3) is 0 Å². The number of phenols is 1. The van der Waals surface area contributed by atoms with Crippen molar-refractivity contribution in [3.05, 3.63) is 84.9 Å². The maximum atomic E-state index is 13.1. The van der Waals surface area contributed by atoms with Gasteiger partial charge < -0.3 is 9.66 Å². The van der Waals surface area contributed by atoms with Crippen molar-refractivity contribution in [1.82, 2.24) is 0 Å². The van der Waals surface area contributed by atoms with Crippen molar-refractivity contribution in [2.75, 3.05) is 0 Å². The van der Waals surface area contributed by atoms with Crippen LogP contribution in [-0.2, 0) is 19.7 Å². The smallest absolute Gasteiger partial charge is 0.747 e. The Balaban J connectivity index is 0.00000456. The van der Waals surface area contributed by atoms with Crippen LogP contribution in [0.2, 0.25) is 0 Å². The number of ketones is 1. The summed E-state index contributed by atoms with van der Waals surface area (Å²) in [7, 11) is -4.96. The van der Waals surface area contributed by atoms with Crippen molar-refractivity contribution in [3.63, 3.8) is 0 Å². The normalized spacial score (nSPS) is 23.5. The Bertz CT molecular complexity index is 1350. The van der Waals surface area contributed by atoms with Crippen molar-refractivity contribution >= 4 is 47.8 Å². The molecule has 0 heterocycles. The molecule has 1 N–H and O–H groups in total. The first kappa shape index (κ1) is 31.5. The van der Waals surface area contributed by atoms with Crippen molar-refractivity contribution in [1.29, 1.82) is 0 Å². The predicted octanol–water partition coefficient (Wildman–Crippen LogP) is 3.83. The summed E-state index contributed by atoms with van der Waals surface area (Å²) < 4.78 is 38.2. The number of Topliss-reactive ketones (excluding diaryl/α,β-unsaturated/α-hetero) is 1. The zero-order valence-corrected chi connectivity index (χ0v) is 27.5. The third-order valence-electron chi connectivity index (χ3n) is 6.76. The summed E-state index contributed by atoms with van der Waals surface area (Å²) in [6, 6.07) is 1.63. The number of phenolic OH excluding ortho intramolecular Hbond substituents is 1. The summed E-state index contributed by atoms with van der Waals surface area (Å²) in [4.78, 5) is 12.7. The summed E-state index contributed by atoms with van der Waals surface area (Å²) in [6.45, 7) is 11.1. The number of hydrogen-bond acceptors (Lipinski definition) is 5. The molecule has 0 saturated carbocycles. The number of carbonyl (C=O) groups excluding carboxylic acids is 1. The van der Waals surface area contributed by atoms with Crippen LogP contribution in [0.4, 0.5) is 0 Å². The van der Waals surface area contributed by atoms with Gasteiger partial charge in [0.15, 0.2) is 5.78 Å². The van der Waals surface area contributed by atoms with Crippen LogP contribution in [0, 0.1) is 18.8 Å². The minimum atomic E-state index is -4.96. The van der Waals surface area contributed by atoms with E-state index in [9.17, 15) is 22.9 Å². The van der Waals surface area contributed by atoms with Crippen LogP contribution in [0.25, 0.3) is 0 Å². The number of hydrogen-bond donors (Lipinski definition) is 1. The van der Waals surface area contributed by atoms with E-state index in [0.717, 1.165) is 0 Å². The van der Waals surface area contributed by atoms with E-state index >= 15 is 0 Å². The number of carbonyl (C=O) groups is 1. The molecule has 1 aromatic carbocycles. The van der Waals surface area contributed by atoms with Gasteiger partial charge in [0, 0.05) is 11.5 Å². The fourth-order valence-electron chi connectivity index (χ4n) is 4.63. The maximum absolute atomic E-state index is 13.1. The molecule has 0 saturated heterocycles. The SMILES string of the molecule is CC1=C(Br)C(=O)C(C(C)C)=C/C1=C\C1C=CC=CC1(c1cc(C(C)C)c(O)c(Br)c1C)S(=O)(=O)[O-].[Na+]. The zero-order valence-electron chi connectivity index (χ0n) is 21.5. The van der Waals surface area contributed by atoms with Crippen LogP contribution in [0.1, 0.15) is 57.2 Å². The van der Waals surface area contributed by atoms with Gasteiger partial charge in [-0.05, 0) is 97.5 Å². The molecule has 188 valence electrons. The molecule has 3 rings (SSSR count). The van der Waals surface area contributed by atoms with Crippen molar-refractivity contribution in [2.24, 2.45) is 11.8 Å². The van der Waals surface area contributed by atoms with Crippen LogP contribution in [-0.4, -0.2) is 23.9 Å². The Morgan fingerprint density at radius 3 is 2.25 bits per heavy atom. The Labute approximate surface area is 252 Å². The first-order valence-electron chi connectivity index (χ1n) is 11.3. The fraction of sp³-hybridized carbons (Fsp3) is 0.370. The summed E-state index contributed by atoms with van der Waals surface area (Å²) in [5, 5.41) is 10.7. The predicted molar refractivity (Wildman–Crippen MR) is 145 cm³/mol. The van der Waals surface area contributed by atoms with E-state index in [0.29, 0.717) is 42.4 Å². The van der Waals surface area contributed by atoms with Gasteiger partial charge in [0.1, 0.15) is 20.6 Å². The Morgan fingerprint density at radius 1 is 1.11 bits per heavy atom. The number of allylic oxidation sites excluding steroid dienone is 9. The van der Waals surface area contributed by atoms with Gasteiger partial charge in [-0.25, -0.2) is 8.42 Å². The van der Waals surface area contributed by atoms with E-state index < -0.39 is 20.8 Å². The first-order chi connectivity index (χ1) is 16.1. The molecule has 0 amide bonds. The molecule has 2 aliphatic carbocycles. The Hall–Kier alpha value is -0.740. The minimum Gasteiger partial charge on any atom is -0.747 e. The largest absolute Gasteiger partial charge is 1.00 e. The molecule has 0 radical (unpaired) electrons. The first-order valence-corrected chi connectivity index (χ1v) is 14.3. The van der Waals surface area contributed by atoms with Crippen LogP contribution in [0.3, 0.4) is 0 Å². The molecule has 0 aromatic heterocycles. The maximum Gasteiger partial charge on any atom is 1.00 e. The number of halogens is 2. The number of aromatic hydroxyl groups is 1. The van der Waals surface area contributed by atoms with Gasteiger partial charge in [-0.2, -0.15) is 0 Å². The van der Waals surface area contributed by atoms with Crippen molar-refractivity contribution in [3.8, 4) is 5.75 Å². The molecule has 9 heteroatoms. The van der Waals surface area contributed by atoms with Gasteiger partial charge in [0.2, 0.25) is 0 Å². The van der Waals surface area contributed by atoms with E-state index in [2.05, 4.69) is 31.9 Å². The second kappa shape index (κ2) is 11.6.